The van der Waals surface area contributed by atoms with Crippen molar-refractivity contribution in [3.8, 4) is 0 Å². The van der Waals surface area contributed by atoms with E-state index in [0.29, 0.717) is 13.1 Å². The zero-order valence-corrected chi connectivity index (χ0v) is 12.5. The molecule has 6 heteroatoms. The maximum atomic E-state index is 10.2. The molecule has 0 saturated heterocycles. The molecule has 1 heterocycles. The third-order valence-corrected chi connectivity index (χ3v) is 2.98. The molecule has 1 aromatic carbocycles. The van der Waals surface area contributed by atoms with Crippen LogP contribution in [0.5, 0.6) is 0 Å². The van der Waals surface area contributed by atoms with Crippen LogP contribution in [0.1, 0.15) is 12.2 Å². The van der Waals surface area contributed by atoms with Crippen molar-refractivity contribution < 1.29 is 4.79 Å². The van der Waals surface area contributed by atoms with E-state index in [-0.39, 0.29) is 0 Å². The van der Waals surface area contributed by atoms with Gasteiger partial charge in [0.25, 0.3) is 0 Å². The predicted molar refractivity (Wildman–Crippen MR) is 84.1 cm³/mol. The molecule has 0 aliphatic heterocycles. The van der Waals surface area contributed by atoms with Gasteiger partial charge in [-0.05, 0) is 32.6 Å². The summed E-state index contributed by atoms with van der Waals surface area (Å²) in [4.78, 5) is 21.4. The Morgan fingerprint density at radius 2 is 2.00 bits per heavy atom. The fraction of sp³-hybridized carbons (Fsp3) is 0.400. The fourth-order valence-corrected chi connectivity index (χ4v) is 2.07. The van der Waals surface area contributed by atoms with Crippen molar-refractivity contribution in [2.45, 2.75) is 13.0 Å². The average molecular weight is 287 g/mol. The summed E-state index contributed by atoms with van der Waals surface area (Å²) < 4.78 is 0. The second kappa shape index (κ2) is 7.54. The van der Waals surface area contributed by atoms with Crippen LogP contribution < -0.4 is 10.6 Å². The number of anilines is 1. The number of benzene rings is 1. The monoisotopic (exact) mass is 287 g/mol. The molecule has 0 atom stereocenters. The van der Waals surface area contributed by atoms with Gasteiger partial charge < -0.3 is 15.5 Å². The van der Waals surface area contributed by atoms with E-state index < -0.39 is 0 Å². The first-order valence-corrected chi connectivity index (χ1v) is 7.02. The minimum atomic E-state index is 0.657. The van der Waals surface area contributed by atoms with Gasteiger partial charge in [0.1, 0.15) is 11.6 Å². The van der Waals surface area contributed by atoms with E-state index in [0.717, 1.165) is 41.9 Å². The molecular formula is C15H21N5O. The molecule has 0 unspecified atom stereocenters. The van der Waals surface area contributed by atoms with E-state index in [2.05, 4.69) is 20.6 Å². The molecule has 0 spiro atoms. The lowest BCUT2D eigenvalue weighted by atomic mass is 10.2. The quantitative estimate of drug-likeness (QED) is 0.564. The Labute approximate surface area is 124 Å². The molecule has 2 aromatic rings. The van der Waals surface area contributed by atoms with Crippen molar-refractivity contribution in [2.24, 2.45) is 0 Å². The number of carbonyl (C=O) groups excluding carboxylic acids is 1. The number of fused-ring (bicyclic) bond motifs is 1. The molecule has 0 aliphatic carbocycles. The van der Waals surface area contributed by atoms with E-state index in [1.165, 1.54) is 0 Å². The second-order valence-electron chi connectivity index (χ2n) is 5.10. The molecule has 2 N–H and O–H groups in total. The molecule has 2 rings (SSSR count). The fourth-order valence-electron chi connectivity index (χ4n) is 2.07. The number of hydrogen-bond donors (Lipinski definition) is 2. The first kappa shape index (κ1) is 15.2. The largest absolute Gasteiger partial charge is 0.369 e. The lowest BCUT2D eigenvalue weighted by molar-refractivity contribution is -0.109. The molecular weight excluding hydrogens is 266 g/mol. The molecule has 0 aliphatic rings. The van der Waals surface area contributed by atoms with Crippen LogP contribution in [0.25, 0.3) is 10.9 Å². The molecule has 0 radical (unpaired) electrons. The number of carbonyl (C=O) groups is 1. The van der Waals surface area contributed by atoms with Crippen LogP contribution in [0.2, 0.25) is 0 Å². The minimum Gasteiger partial charge on any atom is -0.369 e. The van der Waals surface area contributed by atoms with Gasteiger partial charge in [-0.3, -0.25) is 4.79 Å². The predicted octanol–water partition coefficient (Wildman–Crippen LogP) is 1.24. The van der Waals surface area contributed by atoms with E-state index in [9.17, 15) is 4.79 Å². The Bertz CT molecular complexity index is 600. The highest BCUT2D eigenvalue weighted by molar-refractivity contribution is 5.88. The molecule has 112 valence electrons. The molecule has 1 aromatic heterocycles. The number of amides is 1. The molecule has 1 amide bonds. The smallest absolute Gasteiger partial charge is 0.207 e. The molecule has 0 saturated carbocycles. The first-order valence-electron chi connectivity index (χ1n) is 7.02. The first-order chi connectivity index (χ1) is 10.2. The summed E-state index contributed by atoms with van der Waals surface area (Å²) in [5.41, 5.74) is 0.942. The van der Waals surface area contributed by atoms with Crippen molar-refractivity contribution in [1.29, 1.82) is 0 Å². The summed E-state index contributed by atoms with van der Waals surface area (Å²) in [7, 11) is 3.99. The van der Waals surface area contributed by atoms with Crippen molar-refractivity contribution in [1.82, 2.24) is 20.2 Å². The Kier molecular flexibility index (Phi) is 5.45. The highest BCUT2D eigenvalue weighted by Crippen LogP contribution is 2.20. The van der Waals surface area contributed by atoms with E-state index in [4.69, 9.17) is 0 Å². The summed E-state index contributed by atoms with van der Waals surface area (Å²) in [6.07, 6.45) is 1.56. The lowest BCUT2D eigenvalue weighted by Gasteiger charge is -2.13. The number of rotatable bonds is 8. The van der Waals surface area contributed by atoms with Crippen LogP contribution in [0.4, 0.5) is 5.82 Å². The van der Waals surface area contributed by atoms with Crippen molar-refractivity contribution >= 4 is 23.1 Å². The van der Waals surface area contributed by atoms with Crippen molar-refractivity contribution in [2.75, 3.05) is 32.5 Å². The zero-order valence-electron chi connectivity index (χ0n) is 12.5. The molecule has 0 fully saturated rings. The Morgan fingerprint density at radius 1 is 1.19 bits per heavy atom. The number of nitrogens with zero attached hydrogens (tertiary/aromatic N) is 3. The van der Waals surface area contributed by atoms with Gasteiger partial charge >= 0.3 is 0 Å². The van der Waals surface area contributed by atoms with E-state index in [1.54, 1.807) is 0 Å². The van der Waals surface area contributed by atoms with Gasteiger partial charge in [-0.1, -0.05) is 12.1 Å². The van der Waals surface area contributed by atoms with Gasteiger partial charge in [0.15, 0.2) is 0 Å². The van der Waals surface area contributed by atoms with Crippen molar-refractivity contribution in [3.63, 3.8) is 0 Å². The van der Waals surface area contributed by atoms with Gasteiger partial charge in [-0.15, -0.1) is 0 Å². The SMILES string of the molecule is CN(C)Cc1nc(NCCCNC=O)c2ccccc2n1. The third-order valence-electron chi connectivity index (χ3n) is 2.98. The molecule has 0 bridgehead atoms. The van der Waals surface area contributed by atoms with Gasteiger partial charge in [0.05, 0.1) is 12.1 Å². The van der Waals surface area contributed by atoms with Gasteiger partial charge in [-0.2, -0.15) is 0 Å². The van der Waals surface area contributed by atoms with Crippen molar-refractivity contribution in [3.05, 3.63) is 30.1 Å². The minimum absolute atomic E-state index is 0.657. The van der Waals surface area contributed by atoms with Crippen LogP contribution in [-0.4, -0.2) is 48.5 Å². The highest BCUT2D eigenvalue weighted by Gasteiger charge is 2.07. The second-order valence-corrected chi connectivity index (χ2v) is 5.10. The van der Waals surface area contributed by atoms with Crippen LogP contribution >= 0.6 is 0 Å². The summed E-state index contributed by atoms with van der Waals surface area (Å²) >= 11 is 0. The van der Waals surface area contributed by atoms with Crippen LogP contribution in [0.3, 0.4) is 0 Å². The average Bonchev–Trinajstić information content (AvgIpc) is 2.46. The summed E-state index contributed by atoms with van der Waals surface area (Å²) in [6.45, 7) is 2.11. The summed E-state index contributed by atoms with van der Waals surface area (Å²) in [6, 6.07) is 7.97. The normalized spacial score (nSPS) is 10.8. The van der Waals surface area contributed by atoms with Gasteiger partial charge in [0.2, 0.25) is 6.41 Å². The maximum absolute atomic E-state index is 10.2. The van der Waals surface area contributed by atoms with Crippen LogP contribution in [0.15, 0.2) is 24.3 Å². The van der Waals surface area contributed by atoms with E-state index >= 15 is 0 Å². The van der Waals surface area contributed by atoms with E-state index in [1.807, 2.05) is 43.3 Å². The van der Waals surface area contributed by atoms with Gasteiger partial charge in [0, 0.05) is 18.5 Å². The number of aromatic nitrogens is 2. The summed E-state index contributed by atoms with van der Waals surface area (Å²) in [5.74, 6) is 1.65. The Balaban J connectivity index is 2.16. The number of nitrogens with one attached hydrogen (secondary N) is 2. The Hall–Kier alpha value is -2.21. The standard InChI is InChI=1S/C15H21N5O/c1-20(2)10-14-18-13-7-4-3-6-12(13)15(19-14)17-9-5-8-16-11-21/h3-4,6-7,11H,5,8-10H2,1-2H3,(H,16,21)(H,17,18,19). The maximum Gasteiger partial charge on any atom is 0.207 e. The van der Waals surface area contributed by atoms with Gasteiger partial charge in [-0.25, -0.2) is 9.97 Å². The lowest BCUT2D eigenvalue weighted by Crippen LogP contribution is -2.17. The topological polar surface area (TPSA) is 70.2 Å². The third kappa shape index (κ3) is 4.39. The Morgan fingerprint density at radius 3 is 2.76 bits per heavy atom. The van der Waals surface area contributed by atoms with Crippen LogP contribution in [-0.2, 0) is 11.3 Å². The molecule has 21 heavy (non-hydrogen) atoms. The molecule has 6 nitrogen and oxygen atoms in total. The number of para-hydroxylation sites is 1. The zero-order chi connectivity index (χ0) is 15.1. The summed E-state index contributed by atoms with van der Waals surface area (Å²) in [5, 5.41) is 7.00. The number of hydrogen-bond acceptors (Lipinski definition) is 5. The highest BCUT2D eigenvalue weighted by atomic mass is 16.1. The van der Waals surface area contributed by atoms with Crippen LogP contribution in [0, 0.1) is 0 Å².